The van der Waals surface area contributed by atoms with Gasteiger partial charge in [0.15, 0.2) is 0 Å². The minimum absolute atomic E-state index is 0.214. The number of nitrogens with zero attached hydrogens (tertiary/aromatic N) is 2. The summed E-state index contributed by atoms with van der Waals surface area (Å²) >= 11 is 5.90. The van der Waals surface area contributed by atoms with E-state index in [4.69, 9.17) is 11.6 Å². The van der Waals surface area contributed by atoms with Crippen LogP contribution in [0.4, 0.5) is 8.78 Å². The summed E-state index contributed by atoms with van der Waals surface area (Å²) in [6.45, 7) is 1.19. The average molecular weight is 388 g/mol. The number of fused-ring (bicyclic) bond motifs is 1. The number of hydrogen-bond donors (Lipinski definition) is 1. The molecule has 2 aromatic carbocycles. The number of rotatable bonds is 3. The second-order valence-corrected chi connectivity index (χ2v) is 6.98. The van der Waals surface area contributed by atoms with Gasteiger partial charge in [0.25, 0.3) is 5.56 Å². The lowest BCUT2D eigenvalue weighted by Gasteiger charge is -2.27. The summed E-state index contributed by atoms with van der Waals surface area (Å²) in [5.74, 6) is -0.428. The molecule has 27 heavy (non-hydrogen) atoms. The van der Waals surface area contributed by atoms with Crippen LogP contribution in [0.5, 0.6) is 0 Å². The molecule has 0 radical (unpaired) electrons. The fourth-order valence-electron chi connectivity index (χ4n) is 3.27. The SMILES string of the molecule is O=c1[nH]c(-c2ccc(Cl)cc2)nc2c1CN(Cc1cc(F)ccc1F)CC2. The van der Waals surface area contributed by atoms with Gasteiger partial charge < -0.3 is 4.98 Å². The number of hydrogen-bond acceptors (Lipinski definition) is 3. The minimum atomic E-state index is -0.476. The Labute approximate surface area is 159 Å². The maximum atomic E-state index is 13.9. The Hall–Kier alpha value is -2.57. The first kappa shape index (κ1) is 17.8. The van der Waals surface area contributed by atoms with Crippen molar-refractivity contribution in [2.45, 2.75) is 19.5 Å². The van der Waals surface area contributed by atoms with Gasteiger partial charge in [-0.25, -0.2) is 13.8 Å². The van der Waals surface area contributed by atoms with E-state index in [0.717, 1.165) is 23.4 Å². The normalized spacial score (nSPS) is 14.2. The van der Waals surface area contributed by atoms with Crippen molar-refractivity contribution in [3.05, 3.63) is 86.3 Å². The van der Waals surface area contributed by atoms with Gasteiger partial charge >= 0.3 is 0 Å². The smallest absolute Gasteiger partial charge is 0.255 e. The highest BCUT2D eigenvalue weighted by Gasteiger charge is 2.22. The van der Waals surface area contributed by atoms with Crippen LogP contribution >= 0.6 is 11.6 Å². The number of halogens is 3. The van der Waals surface area contributed by atoms with Gasteiger partial charge in [-0.1, -0.05) is 11.6 Å². The molecular formula is C20H16ClF2N3O. The van der Waals surface area contributed by atoms with Gasteiger partial charge in [-0.15, -0.1) is 0 Å². The zero-order chi connectivity index (χ0) is 19.0. The summed E-state index contributed by atoms with van der Waals surface area (Å²) < 4.78 is 27.3. The van der Waals surface area contributed by atoms with Crippen LogP contribution in [0.3, 0.4) is 0 Å². The lowest BCUT2D eigenvalue weighted by atomic mass is 10.1. The van der Waals surface area contributed by atoms with Gasteiger partial charge in [0.2, 0.25) is 0 Å². The van der Waals surface area contributed by atoms with E-state index >= 15 is 0 Å². The summed E-state index contributed by atoms with van der Waals surface area (Å²) in [5, 5.41) is 0.610. The molecule has 0 atom stereocenters. The molecule has 138 valence electrons. The molecule has 0 amide bonds. The molecule has 4 rings (SSSR count). The van der Waals surface area contributed by atoms with Crippen molar-refractivity contribution >= 4 is 11.6 Å². The molecule has 0 bridgehead atoms. The molecule has 1 N–H and O–H groups in total. The van der Waals surface area contributed by atoms with Crippen molar-refractivity contribution in [3.8, 4) is 11.4 Å². The van der Waals surface area contributed by atoms with E-state index in [2.05, 4.69) is 9.97 Å². The largest absolute Gasteiger partial charge is 0.306 e. The van der Waals surface area contributed by atoms with Crippen LogP contribution in [-0.4, -0.2) is 21.4 Å². The number of aromatic nitrogens is 2. The highest BCUT2D eigenvalue weighted by molar-refractivity contribution is 6.30. The molecule has 0 unspecified atom stereocenters. The van der Waals surface area contributed by atoms with E-state index in [1.54, 1.807) is 24.3 Å². The third-order valence-electron chi connectivity index (χ3n) is 4.67. The van der Waals surface area contributed by atoms with Crippen molar-refractivity contribution in [3.63, 3.8) is 0 Å². The molecule has 1 aliphatic rings. The zero-order valence-corrected chi connectivity index (χ0v) is 15.1. The summed E-state index contributed by atoms with van der Waals surface area (Å²) in [4.78, 5) is 21.9. The Morgan fingerprint density at radius 2 is 1.93 bits per heavy atom. The fraction of sp³-hybridized carbons (Fsp3) is 0.200. The van der Waals surface area contributed by atoms with Crippen LogP contribution in [0.1, 0.15) is 16.8 Å². The van der Waals surface area contributed by atoms with Crippen LogP contribution in [0, 0.1) is 11.6 Å². The number of H-pyrrole nitrogens is 1. The standard InChI is InChI=1S/C20H16ClF2N3O/c21-14-3-1-12(2-4-14)19-24-18-7-8-26(11-16(18)20(27)25-19)10-13-9-15(22)5-6-17(13)23/h1-6,9H,7-8,10-11H2,(H,24,25,27). The quantitative estimate of drug-likeness (QED) is 0.741. The van der Waals surface area contributed by atoms with E-state index in [-0.39, 0.29) is 17.7 Å². The Morgan fingerprint density at radius 3 is 2.70 bits per heavy atom. The molecule has 4 nitrogen and oxygen atoms in total. The number of aromatic amines is 1. The molecule has 0 saturated heterocycles. The minimum Gasteiger partial charge on any atom is -0.306 e. The van der Waals surface area contributed by atoms with Crippen LogP contribution in [0.15, 0.2) is 47.3 Å². The fourth-order valence-corrected chi connectivity index (χ4v) is 3.39. The molecule has 0 saturated carbocycles. The summed E-state index contributed by atoms with van der Waals surface area (Å²) in [6, 6.07) is 10.5. The second-order valence-electron chi connectivity index (χ2n) is 6.54. The van der Waals surface area contributed by atoms with Gasteiger partial charge in [-0.3, -0.25) is 9.69 Å². The predicted octanol–water partition coefficient (Wildman–Crippen LogP) is 3.93. The first-order chi connectivity index (χ1) is 13.0. The van der Waals surface area contributed by atoms with Gasteiger partial charge in [0, 0.05) is 42.2 Å². The summed E-state index contributed by atoms with van der Waals surface area (Å²) in [7, 11) is 0. The lowest BCUT2D eigenvalue weighted by Crippen LogP contribution is -2.35. The summed E-state index contributed by atoms with van der Waals surface area (Å²) in [6.07, 6.45) is 0.566. The molecule has 7 heteroatoms. The van der Waals surface area contributed by atoms with E-state index < -0.39 is 11.6 Å². The molecule has 0 aliphatic carbocycles. The topological polar surface area (TPSA) is 49.0 Å². The van der Waals surface area contributed by atoms with Crippen LogP contribution in [-0.2, 0) is 19.5 Å². The summed E-state index contributed by atoms with van der Waals surface area (Å²) in [5.41, 5.74) is 2.15. The third kappa shape index (κ3) is 3.77. The molecule has 1 aromatic heterocycles. The highest BCUT2D eigenvalue weighted by Crippen LogP contribution is 2.22. The second kappa shape index (κ2) is 7.21. The Bertz CT molecular complexity index is 1050. The first-order valence-corrected chi connectivity index (χ1v) is 8.91. The highest BCUT2D eigenvalue weighted by atomic mass is 35.5. The Morgan fingerprint density at radius 1 is 1.15 bits per heavy atom. The van der Waals surface area contributed by atoms with Crippen LogP contribution in [0.25, 0.3) is 11.4 Å². The van der Waals surface area contributed by atoms with Gasteiger partial charge in [-0.2, -0.15) is 0 Å². The van der Waals surface area contributed by atoms with Crippen molar-refractivity contribution in [1.82, 2.24) is 14.9 Å². The van der Waals surface area contributed by atoms with Gasteiger partial charge in [0.05, 0.1) is 11.3 Å². The number of nitrogens with one attached hydrogen (secondary N) is 1. The van der Waals surface area contributed by atoms with Crippen LogP contribution in [0.2, 0.25) is 5.02 Å². The molecule has 0 spiro atoms. The maximum Gasteiger partial charge on any atom is 0.255 e. The monoisotopic (exact) mass is 387 g/mol. The molecular weight excluding hydrogens is 372 g/mol. The van der Waals surface area contributed by atoms with Crippen molar-refractivity contribution < 1.29 is 8.78 Å². The van der Waals surface area contributed by atoms with Crippen LogP contribution < -0.4 is 5.56 Å². The zero-order valence-electron chi connectivity index (χ0n) is 14.3. The molecule has 2 heterocycles. The average Bonchev–Trinajstić information content (AvgIpc) is 2.65. The lowest BCUT2D eigenvalue weighted by molar-refractivity contribution is 0.238. The molecule has 0 fully saturated rings. The van der Waals surface area contributed by atoms with Crippen molar-refractivity contribution in [1.29, 1.82) is 0 Å². The molecule has 1 aliphatic heterocycles. The van der Waals surface area contributed by atoms with Gasteiger partial charge in [0.1, 0.15) is 17.5 Å². The van der Waals surface area contributed by atoms with Crippen molar-refractivity contribution in [2.24, 2.45) is 0 Å². The molecule has 3 aromatic rings. The number of benzene rings is 2. The first-order valence-electron chi connectivity index (χ1n) is 8.54. The van der Waals surface area contributed by atoms with E-state index in [9.17, 15) is 13.6 Å². The van der Waals surface area contributed by atoms with E-state index in [1.807, 2.05) is 4.90 Å². The Kier molecular flexibility index (Phi) is 4.76. The van der Waals surface area contributed by atoms with E-state index in [1.165, 1.54) is 6.07 Å². The third-order valence-corrected chi connectivity index (χ3v) is 4.92. The van der Waals surface area contributed by atoms with Gasteiger partial charge in [-0.05, 0) is 42.5 Å². The van der Waals surface area contributed by atoms with Crippen molar-refractivity contribution in [2.75, 3.05) is 6.54 Å². The maximum absolute atomic E-state index is 13.9. The predicted molar refractivity (Wildman–Crippen MR) is 99.5 cm³/mol. The van der Waals surface area contributed by atoms with E-state index in [0.29, 0.717) is 35.9 Å². The Balaban J connectivity index is 1.59.